The normalized spacial score (nSPS) is 14.3. The predicted octanol–water partition coefficient (Wildman–Crippen LogP) is 2.37. The maximum Gasteiger partial charge on any atom is 0.261 e. The summed E-state index contributed by atoms with van der Waals surface area (Å²) in [5.41, 5.74) is 0.563. The topological polar surface area (TPSA) is 94.2 Å². The third-order valence-corrected chi connectivity index (χ3v) is 5.79. The number of amides is 1. The van der Waals surface area contributed by atoms with E-state index in [1.165, 1.54) is 25.3 Å². The van der Waals surface area contributed by atoms with Gasteiger partial charge in [0.05, 0.1) is 43.1 Å². The first-order valence-corrected chi connectivity index (χ1v) is 10.7. The van der Waals surface area contributed by atoms with Crippen LogP contribution in [0.25, 0.3) is 0 Å². The van der Waals surface area contributed by atoms with Crippen molar-refractivity contribution in [2.75, 3.05) is 44.7 Å². The minimum atomic E-state index is -3.91. The van der Waals surface area contributed by atoms with Crippen LogP contribution in [0.3, 0.4) is 0 Å². The van der Waals surface area contributed by atoms with Gasteiger partial charge >= 0.3 is 0 Å². The highest BCUT2D eigenvalue weighted by atomic mass is 32.2. The van der Waals surface area contributed by atoms with E-state index < -0.39 is 10.0 Å². The van der Waals surface area contributed by atoms with Gasteiger partial charge < -0.3 is 19.1 Å². The molecule has 0 aromatic heterocycles. The van der Waals surface area contributed by atoms with Crippen LogP contribution >= 0.6 is 0 Å². The van der Waals surface area contributed by atoms with Gasteiger partial charge in [0, 0.05) is 19.2 Å². The van der Waals surface area contributed by atoms with E-state index in [4.69, 9.17) is 14.2 Å². The number of morpholine rings is 1. The van der Waals surface area contributed by atoms with E-state index in [1.807, 2.05) is 6.92 Å². The van der Waals surface area contributed by atoms with Crippen LogP contribution in [-0.4, -0.2) is 59.2 Å². The first-order valence-electron chi connectivity index (χ1n) is 9.25. The molecule has 1 aliphatic heterocycles. The fourth-order valence-electron chi connectivity index (χ4n) is 2.99. The van der Waals surface area contributed by atoms with Crippen molar-refractivity contribution in [3.05, 3.63) is 48.0 Å². The number of nitrogens with one attached hydrogen (secondary N) is 1. The summed E-state index contributed by atoms with van der Waals surface area (Å²) in [5, 5.41) is 0. The molecule has 156 valence electrons. The van der Waals surface area contributed by atoms with Gasteiger partial charge in [-0.05, 0) is 37.3 Å². The van der Waals surface area contributed by atoms with E-state index in [0.717, 1.165) is 0 Å². The van der Waals surface area contributed by atoms with E-state index in [1.54, 1.807) is 29.2 Å². The maximum atomic E-state index is 12.9. The summed E-state index contributed by atoms with van der Waals surface area (Å²) < 4.78 is 44.2. The van der Waals surface area contributed by atoms with Crippen molar-refractivity contribution in [1.29, 1.82) is 0 Å². The summed E-state index contributed by atoms with van der Waals surface area (Å²) >= 11 is 0. The van der Waals surface area contributed by atoms with Crippen molar-refractivity contribution in [2.45, 2.75) is 11.8 Å². The van der Waals surface area contributed by atoms with Crippen LogP contribution in [0.1, 0.15) is 17.3 Å². The molecule has 29 heavy (non-hydrogen) atoms. The van der Waals surface area contributed by atoms with Gasteiger partial charge in [0.1, 0.15) is 11.5 Å². The fraction of sp³-hybridized carbons (Fsp3) is 0.350. The zero-order valence-corrected chi connectivity index (χ0v) is 17.2. The first kappa shape index (κ1) is 20.9. The van der Waals surface area contributed by atoms with Gasteiger partial charge in [-0.15, -0.1) is 0 Å². The molecule has 1 heterocycles. The van der Waals surface area contributed by atoms with Gasteiger partial charge in [0.15, 0.2) is 0 Å². The molecular formula is C20H24N2O6S. The molecule has 1 aliphatic rings. The van der Waals surface area contributed by atoms with Crippen molar-refractivity contribution >= 4 is 21.6 Å². The van der Waals surface area contributed by atoms with E-state index in [0.29, 0.717) is 50.1 Å². The van der Waals surface area contributed by atoms with Crippen molar-refractivity contribution < 1.29 is 27.4 Å². The van der Waals surface area contributed by atoms with Crippen molar-refractivity contribution in [3.63, 3.8) is 0 Å². The van der Waals surface area contributed by atoms with Crippen LogP contribution in [0.4, 0.5) is 5.69 Å². The standard InChI is InChI=1S/C20H24N2O6S/c1-3-28-16-6-4-5-15(13-16)21-29(24,25)17-7-8-19(26-2)18(14-17)20(23)22-9-11-27-12-10-22/h4-8,13-14,21H,3,9-12H2,1-2H3. The molecule has 0 spiro atoms. The molecule has 1 fully saturated rings. The lowest BCUT2D eigenvalue weighted by molar-refractivity contribution is 0.0300. The molecule has 0 unspecified atom stereocenters. The molecule has 2 aromatic carbocycles. The Balaban J connectivity index is 1.89. The van der Waals surface area contributed by atoms with Crippen LogP contribution in [0.15, 0.2) is 47.4 Å². The molecule has 0 radical (unpaired) electrons. The highest BCUT2D eigenvalue weighted by Crippen LogP contribution is 2.26. The molecule has 3 rings (SSSR count). The Bertz CT molecular complexity index is 971. The largest absolute Gasteiger partial charge is 0.496 e. The van der Waals surface area contributed by atoms with Crippen molar-refractivity contribution in [2.24, 2.45) is 0 Å². The van der Waals surface area contributed by atoms with Crippen molar-refractivity contribution in [1.82, 2.24) is 4.90 Å². The fourth-order valence-corrected chi connectivity index (χ4v) is 4.06. The first-order chi connectivity index (χ1) is 13.9. The molecule has 0 aliphatic carbocycles. The molecule has 1 amide bonds. The minimum Gasteiger partial charge on any atom is -0.496 e. The van der Waals surface area contributed by atoms with Crippen LogP contribution in [0.5, 0.6) is 11.5 Å². The summed E-state index contributed by atoms with van der Waals surface area (Å²) in [4.78, 5) is 14.5. The number of benzene rings is 2. The summed E-state index contributed by atoms with van der Waals surface area (Å²) in [6, 6.07) is 10.9. The number of anilines is 1. The second-order valence-corrected chi connectivity index (χ2v) is 8.02. The lowest BCUT2D eigenvalue weighted by Gasteiger charge is -2.27. The Morgan fingerprint density at radius 1 is 1.17 bits per heavy atom. The van der Waals surface area contributed by atoms with Gasteiger partial charge in [-0.1, -0.05) is 6.07 Å². The molecule has 0 bridgehead atoms. The van der Waals surface area contributed by atoms with E-state index in [-0.39, 0.29) is 16.4 Å². The summed E-state index contributed by atoms with van der Waals surface area (Å²) in [7, 11) is -2.47. The Morgan fingerprint density at radius 3 is 2.62 bits per heavy atom. The Labute approximate surface area is 170 Å². The number of ether oxygens (including phenoxy) is 3. The van der Waals surface area contributed by atoms with Crippen LogP contribution in [0.2, 0.25) is 0 Å². The lowest BCUT2D eigenvalue weighted by atomic mass is 10.1. The molecule has 0 atom stereocenters. The number of hydrogen-bond donors (Lipinski definition) is 1. The molecule has 0 saturated carbocycles. The molecular weight excluding hydrogens is 396 g/mol. The molecule has 8 nitrogen and oxygen atoms in total. The number of hydrogen-bond acceptors (Lipinski definition) is 6. The average Bonchev–Trinajstić information content (AvgIpc) is 2.73. The number of carbonyl (C=O) groups excluding carboxylic acids is 1. The summed E-state index contributed by atoms with van der Waals surface area (Å²) in [5.74, 6) is 0.588. The highest BCUT2D eigenvalue weighted by molar-refractivity contribution is 7.92. The van der Waals surface area contributed by atoms with Crippen LogP contribution < -0.4 is 14.2 Å². The number of sulfonamides is 1. The monoisotopic (exact) mass is 420 g/mol. The van der Waals surface area contributed by atoms with Crippen LogP contribution in [0, 0.1) is 0 Å². The second-order valence-electron chi connectivity index (χ2n) is 6.33. The Kier molecular flexibility index (Phi) is 6.60. The number of methoxy groups -OCH3 is 1. The third-order valence-electron chi connectivity index (χ3n) is 4.41. The number of nitrogens with zero attached hydrogens (tertiary/aromatic N) is 1. The summed E-state index contributed by atoms with van der Waals surface area (Å²) in [6.07, 6.45) is 0. The predicted molar refractivity (Wildman–Crippen MR) is 108 cm³/mol. The highest BCUT2D eigenvalue weighted by Gasteiger charge is 2.24. The second kappa shape index (κ2) is 9.15. The summed E-state index contributed by atoms with van der Waals surface area (Å²) in [6.45, 7) is 4.11. The van der Waals surface area contributed by atoms with Gasteiger partial charge in [0.25, 0.3) is 15.9 Å². The van der Waals surface area contributed by atoms with Crippen molar-refractivity contribution in [3.8, 4) is 11.5 Å². The quantitative estimate of drug-likeness (QED) is 0.739. The Hall–Kier alpha value is -2.78. The van der Waals surface area contributed by atoms with E-state index >= 15 is 0 Å². The maximum absolute atomic E-state index is 12.9. The average molecular weight is 420 g/mol. The molecule has 9 heteroatoms. The van der Waals surface area contributed by atoms with Crippen LogP contribution in [-0.2, 0) is 14.8 Å². The number of rotatable bonds is 7. The zero-order chi connectivity index (χ0) is 20.9. The lowest BCUT2D eigenvalue weighted by Crippen LogP contribution is -2.40. The molecule has 1 saturated heterocycles. The third kappa shape index (κ3) is 4.99. The smallest absolute Gasteiger partial charge is 0.261 e. The van der Waals surface area contributed by atoms with Gasteiger partial charge in [-0.3, -0.25) is 9.52 Å². The van der Waals surface area contributed by atoms with Gasteiger partial charge in [-0.2, -0.15) is 0 Å². The van der Waals surface area contributed by atoms with E-state index in [9.17, 15) is 13.2 Å². The minimum absolute atomic E-state index is 0.0308. The van der Waals surface area contributed by atoms with E-state index in [2.05, 4.69) is 4.72 Å². The Morgan fingerprint density at radius 2 is 1.93 bits per heavy atom. The SMILES string of the molecule is CCOc1cccc(NS(=O)(=O)c2ccc(OC)c(C(=O)N3CCOCC3)c2)c1. The van der Waals surface area contributed by atoms with Gasteiger partial charge in [0.2, 0.25) is 0 Å². The molecule has 1 N–H and O–H groups in total. The number of carbonyl (C=O) groups is 1. The molecule has 2 aromatic rings. The zero-order valence-electron chi connectivity index (χ0n) is 16.4. The van der Waals surface area contributed by atoms with Gasteiger partial charge in [-0.25, -0.2) is 8.42 Å².